The standard InChI is InChI=1S/C25H28FN3O3/c1-2-17-3-5-18(6-4-17)24(31)27-21-11-13-28(14-12-21)25(32)19-15-23(30)29(16-19)22-9-7-20(26)8-10-22/h3-10,19,21H,2,11-16H2,1H3,(H,27,31). The van der Waals surface area contributed by atoms with Crippen LogP contribution >= 0.6 is 0 Å². The van der Waals surface area contributed by atoms with E-state index < -0.39 is 5.92 Å². The van der Waals surface area contributed by atoms with Gasteiger partial charge in [0.2, 0.25) is 11.8 Å². The van der Waals surface area contributed by atoms with E-state index in [1.165, 1.54) is 17.7 Å². The van der Waals surface area contributed by atoms with E-state index in [1.54, 1.807) is 21.9 Å². The lowest BCUT2D eigenvalue weighted by atomic mass is 10.0. The van der Waals surface area contributed by atoms with Crippen LogP contribution in [0.5, 0.6) is 0 Å². The lowest BCUT2D eigenvalue weighted by molar-refractivity contribution is -0.136. The Kier molecular flexibility index (Phi) is 6.53. The summed E-state index contributed by atoms with van der Waals surface area (Å²) >= 11 is 0. The van der Waals surface area contributed by atoms with Crippen LogP contribution in [-0.2, 0) is 16.0 Å². The molecule has 4 rings (SSSR count). The van der Waals surface area contributed by atoms with Gasteiger partial charge in [-0.3, -0.25) is 14.4 Å². The number of carbonyl (C=O) groups is 3. The zero-order valence-corrected chi connectivity index (χ0v) is 18.2. The highest BCUT2D eigenvalue weighted by Crippen LogP contribution is 2.27. The maximum absolute atomic E-state index is 13.2. The monoisotopic (exact) mass is 437 g/mol. The molecule has 3 amide bonds. The number of piperidine rings is 1. The van der Waals surface area contributed by atoms with E-state index in [0.717, 1.165) is 6.42 Å². The number of aryl methyl sites for hydroxylation is 1. The number of benzene rings is 2. The summed E-state index contributed by atoms with van der Waals surface area (Å²) < 4.78 is 13.2. The van der Waals surface area contributed by atoms with Crippen molar-refractivity contribution in [2.24, 2.45) is 5.92 Å². The van der Waals surface area contributed by atoms with Gasteiger partial charge in [0.05, 0.1) is 5.92 Å². The van der Waals surface area contributed by atoms with E-state index in [9.17, 15) is 18.8 Å². The zero-order chi connectivity index (χ0) is 22.7. The normalized spacial score (nSPS) is 19.3. The molecule has 0 radical (unpaired) electrons. The molecule has 1 atom stereocenters. The van der Waals surface area contributed by atoms with Crippen molar-refractivity contribution in [2.75, 3.05) is 24.5 Å². The molecule has 168 valence electrons. The van der Waals surface area contributed by atoms with E-state index in [1.807, 2.05) is 24.3 Å². The molecule has 0 saturated carbocycles. The Hall–Kier alpha value is -3.22. The molecular formula is C25H28FN3O3. The van der Waals surface area contributed by atoms with Gasteiger partial charge in [-0.05, 0) is 61.2 Å². The number of halogens is 1. The lowest BCUT2D eigenvalue weighted by Gasteiger charge is -2.33. The molecule has 0 spiro atoms. The highest BCUT2D eigenvalue weighted by atomic mass is 19.1. The highest BCUT2D eigenvalue weighted by molar-refractivity contribution is 6.00. The van der Waals surface area contributed by atoms with Crippen LogP contribution in [0.25, 0.3) is 0 Å². The minimum absolute atomic E-state index is 0.0251. The Morgan fingerprint density at radius 1 is 1.03 bits per heavy atom. The molecular weight excluding hydrogens is 409 g/mol. The number of hydrogen-bond donors (Lipinski definition) is 1. The van der Waals surface area contributed by atoms with Crippen LogP contribution in [0.15, 0.2) is 48.5 Å². The van der Waals surface area contributed by atoms with Crippen LogP contribution in [0, 0.1) is 11.7 Å². The van der Waals surface area contributed by atoms with Crippen LogP contribution in [0.3, 0.4) is 0 Å². The Labute approximate surface area is 187 Å². The molecule has 32 heavy (non-hydrogen) atoms. The van der Waals surface area contributed by atoms with Gasteiger partial charge in [-0.25, -0.2) is 4.39 Å². The van der Waals surface area contributed by atoms with Crippen molar-refractivity contribution in [3.8, 4) is 0 Å². The molecule has 2 aliphatic rings. The van der Waals surface area contributed by atoms with Crippen molar-refractivity contribution in [3.05, 3.63) is 65.5 Å². The Bertz CT molecular complexity index is 982. The van der Waals surface area contributed by atoms with Gasteiger partial charge in [0.25, 0.3) is 5.91 Å². The van der Waals surface area contributed by atoms with Crippen LogP contribution in [0.1, 0.15) is 42.1 Å². The van der Waals surface area contributed by atoms with Crippen molar-refractivity contribution in [1.82, 2.24) is 10.2 Å². The summed E-state index contributed by atoms with van der Waals surface area (Å²) in [5, 5.41) is 3.07. The predicted octanol–water partition coefficient (Wildman–Crippen LogP) is 3.16. The lowest BCUT2D eigenvalue weighted by Crippen LogP contribution is -2.48. The van der Waals surface area contributed by atoms with Crippen LogP contribution < -0.4 is 10.2 Å². The topological polar surface area (TPSA) is 69.7 Å². The summed E-state index contributed by atoms with van der Waals surface area (Å²) in [5.74, 6) is -0.986. The first-order valence-electron chi connectivity index (χ1n) is 11.2. The molecule has 7 heteroatoms. The van der Waals surface area contributed by atoms with E-state index in [2.05, 4.69) is 12.2 Å². The van der Waals surface area contributed by atoms with Gasteiger partial charge >= 0.3 is 0 Å². The van der Waals surface area contributed by atoms with Crippen molar-refractivity contribution in [1.29, 1.82) is 0 Å². The molecule has 2 fully saturated rings. The average molecular weight is 438 g/mol. The third kappa shape index (κ3) is 4.82. The molecule has 1 unspecified atom stereocenters. The van der Waals surface area contributed by atoms with Crippen molar-refractivity contribution >= 4 is 23.4 Å². The first-order chi connectivity index (χ1) is 15.4. The minimum atomic E-state index is -0.393. The molecule has 0 aliphatic carbocycles. The van der Waals surface area contributed by atoms with Crippen molar-refractivity contribution < 1.29 is 18.8 Å². The van der Waals surface area contributed by atoms with E-state index in [0.29, 0.717) is 43.7 Å². The zero-order valence-electron chi connectivity index (χ0n) is 18.2. The quantitative estimate of drug-likeness (QED) is 0.781. The number of carbonyl (C=O) groups excluding carboxylic acids is 3. The molecule has 2 heterocycles. The molecule has 2 aromatic rings. The largest absolute Gasteiger partial charge is 0.349 e. The van der Waals surface area contributed by atoms with Crippen LogP contribution in [0.2, 0.25) is 0 Å². The Morgan fingerprint density at radius 2 is 1.69 bits per heavy atom. The maximum Gasteiger partial charge on any atom is 0.251 e. The van der Waals surface area contributed by atoms with E-state index in [-0.39, 0.29) is 36.0 Å². The fourth-order valence-electron chi connectivity index (χ4n) is 4.41. The summed E-state index contributed by atoms with van der Waals surface area (Å²) in [4.78, 5) is 41.3. The third-order valence-electron chi connectivity index (χ3n) is 6.38. The van der Waals surface area contributed by atoms with Crippen LogP contribution in [-0.4, -0.2) is 48.3 Å². The minimum Gasteiger partial charge on any atom is -0.349 e. The van der Waals surface area contributed by atoms with Gasteiger partial charge in [0, 0.05) is 43.3 Å². The molecule has 2 saturated heterocycles. The fourth-order valence-corrected chi connectivity index (χ4v) is 4.41. The number of hydrogen-bond acceptors (Lipinski definition) is 3. The van der Waals surface area contributed by atoms with Gasteiger partial charge in [-0.2, -0.15) is 0 Å². The van der Waals surface area contributed by atoms with Gasteiger partial charge < -0.3 is 15.1 Å². The Morgan fingerprint density at radius 3 is 2.31 bits per heavy atom. The van der Waals surface area contributed by atoms with Crippen molar-refractivity contribution in [3.63, 3.8) is 0 Å². The van der Waals surface area contributed by atoms with Gasteiger partial charge in [0.15, 0.2) is 0 Å². The smallest absolute Gasteiger partial charge is 0.251 e. The fraction of sp³-hybridized carbons (Fsp3) is 0.400. The number of nitrogens with one attached hydrogen (secondary N) is 1. The molecule has 2 aromatic carbocycles. The summed E-state index contributed by atoms with van der Waals surface area (Å²) in [6.45, 7) is 3.50. The number of rotatable bonds is 5. The number of likely N-dealkylation sites (tertiary alicyclic amines) is 1. The number of anilines is 1. The first-order valence-corrected chi connectivity index (χ1v) is 11.2. The molecule has 6 nitrogen and oxygen atoms in total. The maximum atomic E-state index is 13.2. The molecule has 2 aliphatic heterocycles. The second-order valence-electron chi connectivity index (χ2n) is 8.51. The molecule has 1 N–H and O–H groups in total. The van der Waals surface area contributed by atoms with Crippen LogP contribution in [0.4, 0.5) is 10.1 Å². The number of amides is 3. The van der Waals surface area contributed by atoms with E-state index in [4.69, 9.17) is 0 Å². The van der Waals surface area contributed by atoms with Crippen molar-refractivity contribution in [2.45, 2.75) is 38.6 Å². The summed E-state index contributed by atoms with van der Waals surface area (Å²) in [5.41, 5.74) is 2.45. The summed E-state index contributed by atoms with van der Waals surface area (Å²) in [7, 11) is 0. The average Bonchev–Trinajstić information content (AvgIpc) is 3.21. The highest BCUT2D eigenvalue weighted by Gasteiger charge is 2.38. The number of nitrogens with zero attached hydrogens (tertiary/aromatic N) is 2. The first kappa shape index (κ1) is 22.0. The second-order valence-corrected chi connectivity index (χ2v) is 8.51. The summed E-state index contributed by atoms with van der Waals surface area (Å²) in [6, 6.07) is 13.4. The molecule has 0 aromatic heterocycles. The SMILES string of the molecule is CCc1ccc(C(=O)NC2CCN(C(=O)C3CC(=O)N(c4ccc(F)cc4)C3)CC2)cc1. The van der Waals surface area contributed by atoms with Gasteiger partial charge in [-0.15, -0.1) is 0 Å². The van der Waals surface area contributed by atoms with E-state index >= 15 is 0 Å². The molecule has 0 bridgehead atoms. The second kappa shape index (κ2) is 9.51. The Balaban J connectivity index is 1.28. The predicted molar refractivity (Wildman–Crippen MR) is 120 cm³/mol. The summed E-state index contributed by atoms with van der Waals surface area (Å²) in [6.07, 6.45) is 2.48. The van der Waals surface area contributed by atoms with Gasteiger partial charge in [-0.1, -0.05) is 19.1 Å². The van der Waals surface area contributed by atoms with Gasteiger partial charge in [0.1, 0.15) is 5.82 Å². The third-order valence-corrected chi connectivity index (χ3v) is 6.38.